The van der Waals surface area contributed by atoms with Crippen LogP contribution in [0, 0.1) is 5.92 Å². The molecule has 1 aliphatic rings. The van der Waals surface area contributed by atoms with E-state index >= 15 is 0 Å². The fourth-order valence-corrected chi connectivity index (χ4v) is 2.46. The molecular formula is C12H27N3. The van der Waals surface area contributed by atoms with Crippen molar-refractivity contribution >= 4 is 0 Å². The van der Waals surface area contributed by atoms with E-state index in [0.717, 1.165) is 13.1 Å². The predicted molar refractivity (Wildman–Crippen MR) is 66.0 cm³/mol. The number of likely N-dealkylation sites (N-methyl/N-ethyl adjacent to an activating group) is 1. The summed E-state index contributed by atoms with van der Waals surface area (Å²) < 4.78 is 0. The van der Waals surface area contributed by atoms with Crippen molar-refractivity contribution in [3.63, 3.8) is 0 Å². The summed E-state index contributed by atoms with van der Waals surface area (Å²) in [5.41, 5.74) is 6.04. The highest BCUT2D eigenvalue weighted by atomic mass is 15.2. The van der Waals surface area contributed by atoms with Gasteiger partial charge in [-0.1, -0.05) is 13.8 Å². The molecule has 2 atom stereocenters. The van der Waals surface area contributed by atoms with Gasteiger partial charge in [-0.2, -0.15) is 0 Å². The Morgan fingerprint density at radius 3 is 2.53 bits per heavy atom. The number of hydrogen-bond acceptors (Lipinski definition) is 3. The Morgan fingerprint density at radius 1 is 1.40 bits per heavy atom. The molecule has 0 saturated carbocycles. The summed E-state index contributed by atoms with van der Waals surface area (Å²) in [6, 6.07) is 1.05. The number of nitrogens with zero attached hydrogens (tertiary/aromatic N) is 2. The highest BCUT2D eigenvalue weighted by molar-refractivity contribution is 4.83. The van der Waals surface area contributed by atoms with E-state index < -0.39 is 0 Å². The number of likely N-dealkylation sites (tertiary alicyclic amines) is 1. The predicted octanol–water partition coefficient (Wildman–Crippen LogP) is 0.996. The molecule has 0 spiro atoms. The normalized spacial score (nSPS) is 26.2. The Hall–Kier alpha value is -0.120. The van der Waals surface area contributed by atoms with Crippen LogP contribution in [0.3, 0.4) is 0 Å². The molecule has 1 rings (SSSR count). The second-order valence-corrected chi connectivity index (χ2v) is 5.47. The Morgan fingerprint density at radius 2 is 2.07 bits per heavy atom. The summed E-state index contributed by atoms with van der Waals surface area (Å²) in [4.78, 5) is 4.86. The Labute approximate surface area is 94.6 Å². The van der Waals surface area contributed by atoms with E-state index in [0.29, 0.717) is 18.0 Å². The minimum absolute atomic E-state index is 0.391. The van der Waals surface area contributed by atoms with Crippen molar-refractivity contribution in [2.75, 3.05) is 33.7 Å². The van der Waals surface area contributed by atoms with E-state index in [9.17, 15) is 0 Å². The third-order valence-corrected chi connectivity index (χ3v) is 3.28. The van der Waals surface area contributed by atoms with E-state index in [1.165, 1.54) is 19.4 Å². The molecular weight excluding hydrogens is 186 g/mol. The van der Waals surface area contributed by atoms with Crippen molar-refractivity contribution in [3.8, 4) is 0 Å². The van der Waals surface area contributed by atoms with Gasteiger partial charge < -0.3 is 10.6 Å². The molecule has 0 amide bonds. The second kappa shape index (κ2) is 5.83. The van der Waals surface area contributed by atoms with Gasteiger partial charge in [0.15, 0.2) is 0 Å². The molecule has 0 bridgehead atoms. The van der Waals surface area contributed by atoms with Crippen LogP contribution < -0.4 is 5.73 Å². The molecule has 1 saturated heterocycles. The largest absolute Gasteiger partial charge is 0.327 e. The van der Waals surface area contributed by atoms with Gasteiger partial charge in [0.05, 0.1) is 0 Å². The molecule has 1 aliphatic heterocycles. The third kappa shape index (κ3) is 4.09. The minimum Gasteiger partial charge on any atom is -0.327 e. The van der Waals surface area contributed by atoms with Crippen LogP contribution in [0.5, 0.6) is 0 Å². The molecule has 3 nitrogen and oxygen atoms in total. The van der Waals surface area contributed by atoms with E-state index in [2.05, 4.69) is 37.7 Å². The van der Waals surface area contributed by atoms with Crippen LogP contribution in [0.1, 0.15) is 26.7 Å². The lowest BCUT2D eigenvalue weighted by atomic mass is 9.97. The second-order valence-electron chi connectivity index (χ2n) is 5.47. The van der Waals surface area contributed by atoms with Gasteiger partial charge >= 0.3 is 0 Å². The Bertz CT molecular complexity index is 180. The van der Waals surface area contributed by atoms with E-state index in [-0.39, 0.29) is 0 Å². The molecule has 90 valence electrons. The van der Waals surface area contributed by atoms with Crippen molar-refractivity contribution in [2.24, 2.45) is 11.7 Å². The zero-order valence-electron chi connectivity index (χ0n) is 10.7. The first-order valence-corrected chi connectivity index (χ1v) is 6.15. The van der Waals surface area contributed by atoms with Gasteiger partial charge in [0.2, 0.25) is 0 Å². The van der Waals surface area contributed by atoms with Gasteiger partial charge in [0.25, 0.3) is 0 Å². The smallest absolute Gasteiger partial charge is 0.0246 e. The summed E-state index contributed by atoms with van der Waals surface area (Å²) in [6.45, 7) is 8.08. The molecule has 1 heterocycles. The van der Waals surface area contributed by atoms with Gasteiger partial charge in [0, 0.05) is 25.2 Å². The fourth-order valence-electron chi connectivity index (χ4n) is 2.46. The summed E-state index contributed by atoms with van der Waals surface area (Å²) in [5.74, 6) is 0.706. The summed E-state index contributed by atoms with van der Waals surface area (Å²) in [6.07, 6.45) is 2.46. The number of nitrogens with two attached hydrogens (primary N) is 1. The van der Waals surface area contributed by atoms with E-state index in [4.69, 9.17) is 5.73 Å². The summed E-state index contributed by atoms with van der Waals surface area (Å²) >= 11 is 0. The zero-order chi connectivity index (χ0) is 11.4. The molecule has 0 aliphatic carbocycles. The summed E-state index contributed by atoms with van der Waals surface area (Å²) in [5, 5.41) is 0. The highest BCUT2D eigenvalue weighted by Gasteiger charge is 2.26. The molecule has 2 unspecified atom stereocenters. The van der Waals surface area contributed by atoms with Crippen LogP contribution in [0.25, 0.3) is 0 Å². The standard InChI is InChI=1S/C12H27N3/c1-10(2)12(9-14(3)4)15-7-5-6-11(13)8-15/h10-12H,5-9,13H2,1-4H3. The molecule has 0 aromatic heterocycles. The quantitative estimate of drug-likeness (QED) is 0.756. The average molecular weight is 213 g/mol. The maximum absolute atomic E-state index is 6.04. The Kier molecular flexibility index (Phi) is 5.03. The molecule has 2 N–H and O–H groups in total. The highest BCUT2D eigenvalue weighted by Crippen LogP contribution is 2.17. The van der Waals surface area contributed by atoms with Gasteiger partial charge in [-0.15, -0.1) is 0 Å². The maximum atomic E-state index is 6.04. The van der Waals surface area contributed by atoms with Gasteiger partial charge in [0.1, 0.15) is 0 Å². The van der Waals surface area contributed by atoms with Crippen molar-refractivity contribution in [3.05, 3.63) is 0 Å². The lowest BCUT2D eigenvalue weighted by Crippen LogP contribution is -2.52. The number of piperidine rings is 1. The van der Waals surface area contributed by atoms with Crippen LogP contribution in [-0.2, 0) is 0 Å². The fraction of sp³-hybridized carbons (Fsp3) is 1.00. The van der Waals surface area contributed by atoms with Crippen molar-refractivity contribution in [1.29, 1.82) is 0 Å². The topological polar surface area (TPSA) is 32.5 Å². The molecule has 15 heavy (non-hydrogen) atoms. The lowest BCUT2D eigenvalue weighted by molar-refractivity contribution is 0.0953. The molecule has 0 radical (unpaired) electrons. The van der Waals surface area contributed by atoms with Crippen molar-refractivity contribution in [2.45, 2.75) is 38.8 Å². The van der Waals surface area contributed by atoms with Crippen LogP contribution in [0.15, 0.2) is 0 Å². The molecule has 1 fully saturated rings. The third-order valence-electron chi connectivity index (χ3n) is 3.28. The minimum atomic E-state index is 0.391. The van der Waals surface area contributed by atoms with E-state index in [1.807, 2.05) is 0 Å². The van der Waals surface area contributed by atoms with Crippen LogP contribution in [0.4, 0.5) is 0 Å². The summed E-state index contributed by atoms with van der Waals surface area (Å²) in [7, 11) is 4.30. The van der Waals surface area contributed by atoms with Gasteiger partial charge in [-0.05, 0) is 39.4 Å². The lowest BCUT2D eigenvalue weighted by Gasteiger charge is -2.40. The molecule has 0 aromatic carbocycles. The first-order valence-electron chi connectivity index (χ1n) is 6.15. The van der Waals surface area contributed by atoms with Crippen LogP contribution in [0.2, 0.25) is 0 Å². The first kappa shape index (κ1) is 12.9. The number of rotatable bonds is 4. The van der Waals surface area contributed by atoms with Crippen LogP contribution >= 0.6 is 0 Å². The van der Waals surface area contributed by atoms with E-state index in [1.54, 1.807) is 0 Å². The molecule has 0 aromatic rings. The van der Waals surface area contributed by atoms with Crippen molar-refractivity contribution in [1.82, 2.24) is 9.80 Å². The number of hydrogen-bond donors (Lipinski definition) is 1. The van der Waals surface area contributed by atoms with Gasteiger partial charge in [-0.25, -0.2) is 0 Å². The first-order chi connectivity index (χ1) is 7.00. The SMILES string of the molecule is CC(C)C(CN(C)C)N1CCCC(N)C1. The van der Waals surface area contributed by atoms with Gasteiger partial charge in [-0.3, -0.25) is 4.90 Å². The average Bonchev–Trinajstić information content (AvgIpc) is 2.13. The zero-order valence-corrected chi connectivity index (χ0v) is 10.7. The van der Waals surface area contributed by atoms with Crippen LogP contribution in [-0.4, -0.2) is 55.6 Å². The maximum Gasteiger partial charge on any atom is 0.0246 e. The Balaban J connectivity index is 2.54. The monoisotopic (exact) mass is 213 g/mol. The van der Waals surface area contributed by atoms with Crippen molar-refractivity contribution < 1.29 is 0 Å². The molecule has 3 heteroatoms.